The van der Waals surface area contributed by atoms with Crippen molar-refractivity contribution in [2.45, 2.75) is 12.6 Å². The van der Waals surface area contributed by atoms with E-state index in [9.17, 15) is 0 Å². The van der Waals surface area contributed by atoms with Gasteiger partial charge >= 0.3 is 0 Å². The van der Waals surface area contributed by atoms with E-state index in [0.717, 1.165) is 32.1 Å². The Morgan fingerprint density at radius 3 is 3.21 bits per heavy atom. The molecule has 1 aliphatic heterocycles. The van der Waals surface area contributed by atoms with Crippen molar-refractivity contribution in [3.63, 3.8) is 0 Å². The maximum atomic E-state index is 5.67. The second kappa shape index (κ2) is 4.59. The standard InChI is InChI=1S/C10H16N2O2/c11-6-9-8-13-5-3-12(9)7-10-2-1-4-14-10/h1-2,4,9H,3,5-8,11H2. The first kappa shape index (κ1) is 9.71. The summed E-state index contributed by atoms with van der Waals surface area (Å²) in [5, 5.41) is 0. The molecule has 1 fully saturated rings. The molecule has 0 aliphatic carbocycles. The zero-order valence-electron chi connectivity index (χ0n) is 8.19. The van der Waals surface area contributed by atoms with E-state index in [2.05, 4.69) is 4.90 Å². The van der Waals surface area contributed by atoms with Gasteiger partial charge in [0.1, 0.15) is 5.76 Å². The van der Waals surface area contributed by atoms with Crippen LogP contribution >= 0.6 is 0 Å². The van der Waals surface area contributed by atoms with E-state index in [4.69, 9.17) is 14.9 Å². The topological polar surface area (TPSA) is 51.6 Å². The quantitative estimate of drug-likeness (QED) is 0.762. The number of nitrogens with zero attached hydrogens (tertiary/aromatic N) is 1. The van der Waals surface area contributed by atoms with Crippen molar-refractivity contribution in [3.05, 3.63) is 24.2 Å². The molecule has 4 nitrogen and oxygen atoms in total. The predicted molar refractivity (Wildman–Crippen MR) is 52.8 cm³/mol. The van der Waals surface area contributed by atoms with E-state index in [-0.39, 0.29) is 0 Å². The van der Waals surface area contributed by atoms with Crippen LogP contribution in [-0.2, 0) is 11.3 Å². The molecule has 1 unspecified atom stereocenters. The predicted octanol–water partition coefficient (Wildman–Crippen LogP) is 0.439. The number of nitrogens with two attached hydrogens (primary N) is 1. The fraction of sp³-hybridized carbons (Fsp3) is 0.600. The van der Waals surface area contributed by atoms with Crippen LogP contribution in [0.5, 0.6) is 0 Å². The molecule has 4 heteroatoms. The summed E-state index contributed by atoms with van der Waals surface area (Å²) < 4.78 is 10.7. The number of rotatable bonds is 3. The van der Waals surface area contributed by atoms with Gasteiger partial charge in [-0.05, 0) is 12.1 Å². The Morgan fingerprint density at radius 2 is 2.50 bits per heavy atom. The number of morpholine rings is 1. The van der Waals surface area contributed by atoms with E-state index in [1.165, 1.54) is 0 Å². The van der Waals surface area contributed by atoms with Crippen LogP contribution in [0.15, 0.2) is 22.8 Å². The minimum absolute atomic E-state index is 0.328. The number of ether oxygens (including phenoxy) is 1. The van der Waals surface area contributed by atoms with Crippen LogP contribution in [0, 0.1) is 0 Å². The lowest BCUT2D eigenvalue weighted by Crippen LogP contribution is -2.48. The molecule has 14 heavy (non-hydrogen) atoms. The maximum Gasteiger partial charge on any atom is 0.117 e. The van der Waals surface area contributed by atoms with Gasteiger partial charge in [-0.25, -0.2) is 0 Å². The molecule has 0 aromatic carbocycles. The van der Waals surface area contributed by atoms with Gasteiger partial charge in [0.15, 0.2) is 0 Å². The molecule has 2 rings (SSSR count). The van der Waals surface area contributed by atoms with Crippen LogP contribution in [-0.4, -0.2) is 37.2 Å². The first-order valence-corrected chi connectivity index (χ1v) is 4.94. The van der Waals surface area contributed by atoms with E-state index in [1.54, 1.807) is 6.26 Å². The lowest BCUT2D eigenvalue weighted by atomic mass is 10.2. The van der Waals surface area contributed by atoms with Crippen LogP contribution in [0.2, 0.25) is 0 Å². The highest BCUT2D eigenvalue weighted by molar-refractivity contribution is 4.98. The SMILES string of the molecule is NCC1COCCN1Cc1ccco1. The molecule has 1 atom stereocenters. The number of hydrogen-bond donors (Lipinski definition) is 1. The minimum atomic E-state index is 0.328. The van der Waals surface area contributed by atoms with Crippen LogP contribution in [0.25, 0.3) is 0 Å². The summed E-state index contributed by atoms with van der Waals surface area (Å²) in [5.41, 5.74) is 5.67. The summed E-state index contributed by atoms with van der Waals surface area (Å²) in [6.07, 6.45) is 1.70. The van der Waals surface area contributed by atoms with Gasteiger partial charge < -0.3 is 14.9 Å². The molecule has 78 valence electrons. The van der Waals surface area contributed by atoms with Crippen LogP contribution in [0.1, 0.15) is 5.76 Å². The Morgan fingerprint density at radius 1 is 1.57 bits per heavy atom. The molecule has 1 aromatic heterocycles. The lowest BCUT2D eigenvalue weighted by Gasteiger charge is -2.34. The summed E-state index contributed by atoms with van der Waals surface area (Å²) in [5.74, 6) is 0.991. The van der Waals surface area contributed by atoms with Gasteiger partial charge in [-0.2, -0.15) is 0 Å². The van der Waals surface area contributed by atoms with Crippen LogP contribution in [0.4, 0.5) is 0 Å². The molecular weight excluding hydrogens is 180 g/mol. The first-order chi connectivity index (χ1) is 6.90. The largest absolute Gasteiger partial charge is 0.468 e. The average molecular weight is 196 g/mol. The Bertz CT molecular complexity index is 261. The Labute approximate surface area is 83.6 Å². The van der Waals surface area contributed by atoms with Crippen molar-refractivity contribution < 1.29 is 9.15 Å². The van der Waals surface area contributed by atoms with Gasteiger partial charge in [0.25, 0.3) is 0 Å². The molecular formula is C10H16N2O2. The normalized spacial score (nSPS) is 23.9. The Kier molecular flexibility index (Phi) is 3.18. The third-order valence-corrected chi connectivity index (χ3v) is 2.56. The van der Waals surface area contributed by atoms with Crippen molar-refractivity contribution in [1.82, 2.24) is 4.90 Å². The average Bonchev–Trinajstić information content (AvgIpc) is 2.71. The van der Waals surface area contributed by atoms with Crippen molar-refractivity contribution in [2.24, 2.45) is 5.73 Å². The summed E-state index contributed by atoms with van der Waals surface area (Å²) in [7, 11) is 0. The first-order valence-electron chi connectivity index (χ1n) is 4.94. The zero-order valence-corrected chi connectivity index (χ0v) is 8.19. The fourth-order valence-corrected chi connectivity index (χ4v) is 1.72. The van der Waals surface area contributed by atoms with Crippen molar-refractivity contribution in [3.8, 4) is 0 Å². The zero-order chi connectivity index (χ0) is 9.80. The molecule has 1 saturated heterocycles. The van der Waals surface area contributed by atoms with Gasteiger partial charge in [-0.1, -0.05) is 0 Å². The van der Waals surface area contributed by atoms with E-state index in [1.807, 2.05) is 12.1 Å². The fourth-order valence-electron chi connectivity index (χ4n) is 1.72. The van der Waals surface area contributed by atoms with Crippen LogP contribution in [0.3, 0.4) is 0 Å². The lowest BCUT2D eigenvalue weighted by molar-refractivity contribution is -0.0106. The van der Waals surface area contributed by atoms with E-state index >= 15 is 0 Å². The Hall–Kier alpha value is -0.840. The second-order valence-corrected chi connectivity index (χ2v) is 3.51. The monoisotopic (exact) mass is 196 g/mol. The molecule has 0 amide bonds. The molecule has 1 aliphatic rings. The summed E-state index contributed by atoms with van der Waals surface area (Å²) in [6.45, 7) is 3.93. The van der Waals surface area contributed by atoms with Crippen LogP contribution < -0.4 is 5.73 Å². The minimum Gasteiger partial charge on any atom is -0.468 e. The molecule has 2 heterocycles. The summed E-state index contributed by atoms with van der Waals surface area (Å²) in [4.78, 5) is 2.31. The van der Waals surface area contributed by atoms with Gasteiger partial charge in [0, 0.05) is 19.1 Å². The van der Waals surface area contributed by atoms with E-state index < -0.39 is 0 Å². The molecule has 0 bridgehead atoms. The maximum absolute atomic E-state index is 5.67. The highest BCUT2D eigenvalue weighted by Gasteiger charge is 2.22. The van der Waals surface area contributed by atoms with Gasteiger partial charge in [-0.3, -0.25) is 4.90 Å². The molecule has 0 saturated carbocycles. The van der Waals surface area contributed by atoms with Gasteiger partial charge in [0.05, 0.1) is 26.0 Å². The van der Waals surface area contributed by atoms with Gasteiger partial charge in [-0.15, -0.1) is 0 Å². The highest BCUT2D eigenvalue weighted by atomic mass is 16.5. The number of hydrogen-bond acceptors (Lipinski definition) is 4. The molecule has 0 radical (unpaired) electrons. The third-order valence-electron chi connectivity index (χ3n) is 2.56. The molecule has 2 N–H and O–H groups in total. The summed E-state index contributed by atoms with van der Waals surface area (Å²) >= 11 is 0. The third kappa shape index (κ3) is 2.15. The number of furan rings is 1. The highest BCUT2D eigenvalue weighted by Crippen LogP contribution is 2.11. The van der Waals surface area contributed by atoms with Crippen molar-refractivity contribution in [2.75, 3.05) is 26.3 Å². The second-order valence-electron chi connectivity index (χ2n) is 3.51. The van der Waals surface area contributed by atoms with Crippen molar-refractivity contribution in [1.29, 1.82) is 0 Å². The molecule has 0 spiro atoms. The molecule has 1 aromatic rings. The van der Waals surface area contributed by atoms with Crippen molar-refractivity contribution >= 4 is 0 Å². The Balaban J connectivity index is 1.94. The van der Waals surface area contributed by atoms with E-state index in [0.29, 0.717) is 12.6 Å². The smallest absolute Gasteiger partial charge is 0.117 e. The van der Waals surface area contributed by atoms with Gasteiger partial charge in [0.2, 0.25) is 0 Å². The summed E-state index contributed by atoms with van der Waals surface area (Å²) in [6, 6.07) is 4.23.